The lowest BCUT2D eigenvalue weighted by atomic mass is 10.0. The van der Waals surface area contributed by atoms with Crippen molar-refractivity contribution in [3.8, 4) is 22.3 Å². The second-order valence-electron chi connectivity index (χ2n) is 8.04. The van der Waals surface area contributed by atoms with Gasteiger partial charge in [0.1, 0.15) is 5.65 Å². The number of anilines is 1. The second kappa shape index (κ2) is 7.89. The van der Waals surface area contributed by atoms with E-state index in [1.807, 2.05) is 24.5 Å². The normalized spacial score (nSPS) is 14.8. The summed E-state index contributed by atoms with van der Waals surface area (Å²) < 4.78 is 0. The minimum atomic E-state index is -0.922. The van der Waals surface area contributed by atoms with Gasteiger partial charge < -0.3 is 19.9 Å². The molecule has 1 fully saturated rings. The number of aromatic nitrogens is 2. The molecule has 3 heterocycles. The van der Waals surface area contributed by atoms with Crippen molar-refractivity contribution in [3.05, 3.63) is 72.6 Å². The first kappa shape index (κ1) is 19.3. The molecule has 6 heteroatoms. The van der Waals surface area contributed by atoms with E-state index in [2.05, 4.69) is 57.1 Å². The standard InChI is InChI=1S/C25H24N4O2/c1-28-10-12-29(13-11-28)21-8-6-17(7-9-21)20-14-22-23(16-27-24(22)26-15-20)18-2-4-19(5-3-18)25(30)31/h2-9,14-16H,10-13H2,1H3,(H,26,27)(H,30,31). The van der Waals surface area contributed by atoms with Gasteiger partial charge in [-0.2, -0.15) is 0 Å². The number of carbonyl (C=O) groups is 1. The average Bonchev–Trinajstić information content (AvgIpc) is 3.23. The van der Waals surface area contributed by atoms with Crippen LogP contribution in [0.2, 0.25) is 0 Å². The Balaban J connectivity index is 1.44. The van der Waals surface area contributed by atoms with Crippen LogP contribution in [0.4, 0.5) is 5.69 Å². The van der Waals surface area contributed by atoms with Crippen LogP contribution in [0, 0.1) is 0 Å². The molecule has 156 valence electrons. The molecule has 0 amide bonds. The SMILES string of the molecule is CN1CCN(c2ccc(-c3cnc4[nH]cc(-c5ccc(C(=O)O)cc5)c4c3)cc2)CC1. The third-order valence-corrected chi connectivity index (χ3v) is 6.04. The molecule has 1 aliphatic heterocycles. The molecule has 6 nitrogen and oxygen atoms in total. The van der Waals surface area contributed by atoms with Gasteiger partial charge in [0, 0.05) is 60.8 Å². The summed E-state index contributed by atoms with van der Waals surface area (Å²) in [5.41, 5.74) is 6.50. The Hall–Kier alpha value is -3.64. The highest BCUT2D eigenvalue weighted by Crippen LogP contribution is 2.32. The quantitative estimate of drug-likeness (QED) is 0.521. The fraction of sp³-hybridized carbons (Fsp3) is 0.200. The molecule has 4 aromatic rings. The summed E-state index contributed by atoms with van der Waals surface area (Å²) in [6, 6.07) is 17.8. The molecule has 5 rings (SSSR count). The van der Waals surface area contributed by atoms with E-state index in [9.17, 15) is 4.79 Å². The van der Waals surface area contributed by atoms with Gasteiger partial charge in [-0.25, -0.2) is 9.78 Å². The molecule has 0 bridgehead atoms. The maximum absolute atomic E-state index is 11.1. The number of likely N-dealkylation sites (N-methyl/N-ethyl adjacent to an activating group) is 1. The Morgan fingerprint density at radius 2 is 1.61 bits per heavy atom. The molecule has 2 aromatic heterocycles. The molecule has 1 saturated heterocycles. The van der Waals surface area contributed by atoms with E-state index in [1.165, 1.54) is 5.69 Å². The van der Waals surface area contributed by atoms with Gasteiger partial charge in [0.15, 0.2) is 0 Å². The molecular weight excluding hydrogens is 388 g/mol. The van der Waals surface area contributed by atoms with Gasteiger partial charge in [-0.3, -0.25) is 0 Å². The van der Waals surface area contributed by atoms with Crippen molar-refractivity contribution in [3.63, 3.8) is 0 Å². The number of fused-ring (bicyclic) bond motifs is 1. The number of carboxylic acid groups (broad SMARTS) is 1. The number of carboxylic acids is 1. The predicted molar refractivity (Wildman–Crippen MR) is 124 cm³/mol. The van der Waals surface area contributed by atoms with Crippen LogP contribution in [0.3, 0.4) is 0 Å². The van der Waals surface area contributed by atoms with Crippen LogP contribution >= 0.6 is 0 Å². The zero-order chi connectivity index (χ0) is 21.4. The Bertz CT molecular complexity index is 1220. The molecular formula is C25H24N4O2. The summed E-state index contributed by atoms with van der Waals surface area (Å²) in [4.78, 5) is 23.7. The number of hydrogen-bond donors (Lipinski definition) is 2. The number of aromatic carboxylic acids is 1. The molecule has 0 saturated carbocycles. The maximum Gasteiger partial charge on any atom is 0.335 e. The predicted octanol–water partition coefficient (Wildman–Crippen LogP) is 4.35. The first-order valence-corrected chi connectivity index (χ1v) is 10.4. The van der Waals surface area contributed by atoms with Crippen LogP contribution in [-0.2, 0) is 0 Å². The lowest BCUT2D eigenvalue weighted by Crippen LogP contribution is -2.44. The number of aromatic amines is 1. The zero-order valence-electron chi connectivity index (χ0n) is 17.4. The molecule has 1 aliphatic rings. The fourth-order valence-electron chi connectivity index (χ4n) is 4.12. The molecule has 0 spiro atoms. The highest BCUT2D eigenvalue weighted by Gasteiger charge is 2.15. The van der Waals surface area contributed by atoms with Crippen LogP contribution < -0.4 is 4.90 Å². The van der Waals surface area contributed by atoms with E-state index in [-0.39, 0.29) is 5.56 Å². The van der Waals surface area contributed by atoms with Gasteiger partial charge >= 0.3 is 5.97 Å². The van der Waals surface area contributed by atoms with Crippen LogP contribution in [-0.4, -0.2) is 59.2 Å². The number of benzene rings is 2. The summed E-state index contributed by atoms with van der Waals surface area (Å²) in [6.07, 6.45) is 3.81. The number of nitrogens with one attached hydrogen (secondary N) is 1. The van der Waals surface area contributed by atoms with Crippen molar-refractivity contribution in [2.24, 2.45) is 0 Å². The topological polar surface area (TPSA) is 72.5 Å². The number of hydrogen-bond acceptors (Lipinski definition) is 4. The molecule has 0 radical (unpaired) electrons. The van der Waals surface area contributed by atoms with Crippen LogP contribution in [0.15, 0.2) is 67.0 Å². The van der Waals surface area contributed by atoms with Crippen LogP contribution in [0.1, 0.15) is 10.4 Å². The maximum atomic E-state index is 11.1. The molecule has 31 heavy (non-hydrogen) atoms. The zero-order valence-corrected chi connectivity index (χ0v) is 17.4. The summed E-state index contributed by atoms with van der Waals surface area (Å²) in [5, 5.41) is 10.2. The molecule has 2 N–H and O–H groups in total. The van der Waals surface area contributed by atoms with Crippen LogP contribution in [0.25, 0.3) is 33.3 Å². The number of pyridine rings is 1. The van der Waals surface area contributed by atoms with E-state index in [0.717, 1.165) is 59.5 Å². The molecule has 0 aliphatic carbocycles. The van der Waals surface area contributed by atoms with E-state index >= 15 is 0 Å². The lowest BCUT2D eigenvalue weighted by Gasteiger charge is -2.34. The highest BCUT2D eigenvalue weighted by atomic mass is 16.4. The minimum absolute atomic E-state index is 0.280. The van der Waals surface area contributed by atoms with Crippen molar-refractivity contribution in [1.29, 1.82) is 0 Å². The second-order valence-corrected chi connectivity index (χ2v) is 8.04. The van der Waals surface area contributed by atoms with Gasteiger partial charge in [0.2, 0.25) is 0 Å². The van der Waals surface area contributed by atoms with Gasteiger partial charge in [0.25, 0.3) is 0 Å². The Kier molecular flexibility index (Phi) is 4.92. The molecule has 0 atom stereocenters. The van der Waals surface area contributed by atoms with E-state index < -0.39 is 5.97 Å². The number of H-pyrrole nitrogens is 1. The summed E-state index contributed by atoms with van der Waals surface area (Å²) in [6.45, 7) is 4.28. The van der Waals surface area contributed by atoms with Gasteiger partial charge in [-0.15, -0.1) is 0 Å². The van der Waals surface area contributed by atoms with E-state index in [4.69, 9.17) is 5.11 Å². The number of nitrogens with zero attached hydrogens (tertiary/aromatic N) is 3. The number of rotatable bonds is 4. The fourth-order valence-corrected chi connectivity index (χ4v) is 4.12. The monoisotopic (exact) mass is 412 g/mol. The Morgan fingerprint density at radius 3 is 2.29 bits per heavy atom. The Labute approximate surface area is 180 Å². The number of piperazine rings is 1. The lowest BCUT2D eigenvalue weighted by molar-refractivity contribution is 0.0697. The van der Waals surface area contributed by atoms with Gasteiger partial charge in [0.05, 0.1) is 5.56 Å². The first-order chi connectivity index (χ1) is 15.1. The third-order valence-electron chi connectivity index (χ3n) is 6.04. The minimum Gasteiger partial charge on any atom is -0.478 e. The van der Waals surface area contributed by atoms with Crippen molar-refractivity contribution in [2.75, 3.05) is 38.1 Å². The highest BCUT2D eigenvalue weighted by molar-refractivity contribution is 5.96. The van der Waals surface area contributed by atoms with Crippen molar-refractivity contribution >= 4 is 22.7 Å². The summed E-state index contributed by atoms with van der Waals surface area (Å²) in [5.74, 6) is -0.922. The Morgan fingerprint density at radius 1 is 0.935 bits per heavy atom. The smallest absolute Gasteiger partial charge is 0.335 e. The van der Waals surface area contributed by atoms with Gasteiger partial charge in [-0.05, 0) is 48.5 Å². The van der Waals surface area contributed by atoms with E-state index in [0.29, 0.717) is 0 Å². The van der Waals surface area contributed by atoms with Crippen molar-refractivity contribution in [2.45, 2.75) is 0 Å². The molecule has 2 aromatic carbocycles. The van der Waals surface area contributed by atoms with Crippen molar-refractivity contribution < 1.29 is 9.90 Å². The average molecular weight is 412 g/mol. The third kappa shape index (κ3) is 3.78. The van der Waals surface area contributed by atoms with E-state index in [1.54, 1.807) is 12.1 Å². The summed E-state index contributed by atoms with van der Waals surface area (Å²) >= 11 is 0. The largest absolute Gasteiger partial charge is 0.478 e. The first-order valence-electron chi connectivity index (χ1n) is 10.4. The van der Waals surface area contributed by atoms with Gasteiger partial charge in [-0.1, -0.05) is 24.3 Å². The summed E-state index contributed by atoms with van der Waals surface area (Å²) in [7, 11) is 2.17. The molecule has 0 unspecified atom stereocenters. The van der Waals surface area contributed by atoms with Crippen LogP contribution in [0.5, 0.6) is 0 Å². The van der Waals surface area contributed by atoms with Crippen molar-refractivity contribution in [1.82, 2.24) is 14.9 Å².